The van der Waals surface area contributed by atoms with Gasteiger partial charge in [0, 0.05) is 84.6 Å². The van der Waals surface area contributed by atoms with Gasteiger partial charge in [0.15, 0.2) is 0 Å². The van der Waals surface area contributed by atoms with Gasteiger partial charge < -0.3 is 62.1 Å². The monoisotopic (exact) mass is 1150 g/mol. The lowest BCUT2D eigenvalue weighted by Crippen LogP contribution is -2.45. The SMILES string of the molecule is CCCCCCOc1cc(OCCOc2ccccc2N(CC(=O)OCC)CC(=O)OCOC(C)=O)c(N(CC(=O)OCC)CC(=O)OCOC(C)=O)cc1C1=c2cc3c4c(c2Oc2c1cc1c5c2CCCN5CCC1)CCC[N+]=4CCC3. The molecule has 0 aliphatic carbocycles. The number of carbonyl (C=O) groups is 6. The number of ether oxygens (including phenoxy) is 10. The van der Waals surface area contributed by atoms with E-state index in [0.717, 1.165) is 131 Å². The van der Waals surface area contributed by atoms with E-state index in [1.165, 1.54) is 56.9 Å². The lowest BCUT2D eigenvalue weighted by Gasteiger charge is -2.39. The maximum atomic E-state index is 13.9. The van der Waals surface area contributed by atoms with E-state index in [1.807, 2.05) is 12.1 Å². The van der Waals surface area contributed by atoms with Crippen LogP contribution in [0.3, 0.4) is 0 Å². The van der Waals surface area contributed by atoms with Crippen LogP contribution in [0.25, 0.3) is 5.57 Å². The Balaban J connectivity index is 1.19. The van der Waals surface area contributed by atoms with Gasteiger partial charge in [0.1, 0.15) is 81.2 Å². The first-order valence-electron chi connectivity index (χ1n) is 29.3. The summed E-state index contributed by atoms with van der Waals surface area (Å²) >= 11 is 0. The molecule has 0 N–H and O–H groups in total. The van der Waals surface area contributed by atoms with Gasteiger partial charge in [-0.25, -0.2) is 4.58 Å². The highest BCUT2D eigenvalue weighted by Gasteiger charge is 2.37. The van der Waals surface area contributed by atoms with Crippen LogP contribution < -0.4 is 48.8 Å². The molecule has 9 rings (SSSR count). The highest BCUT2D eigenvalue weighted by Crippen LogP contribution is 2.51. The van der Waals surface area contributed by atoms with E-state index in [4.69, 9.17) is 47.4 Å². The molecule has 0 saturated heterocycles. The molecule has 0 fully saturated rings. The second-order valence-corrected chi connectivity index (χ2v) is 21.1. The predicted octanol–water partition coefficient (Wildman–Crippen LogP) is 6.41. The van der Waals surface area contributed by atoms with Crippen molar-refractivity contribution in [2.24, 2.45) is 0 Å². The summed E-state index contributed by atoms with van der Waals surface area (Å²) in [6, 6.07) is 15.2. The molecule has 0 bridgehead atoms. The van der Waals surface area contributed by atoms with Crippen molar-refractivity contribution in [1.82, 2.24) is 4.58 Å². The molecule has 0 radical (unpaired) electrons. The lowest BCUT2D eigenvalue weighted by atomic mass is 9.82. The minimum Gasteiger partial charge on any atom is -0.493 e. The first-order chi connectivity index (χ1) is 40.3. The molecule has 0 atom stereocenters. The zero-order chi connectivity index (χ0) is 58.4. The molecule has 4 aromatic rings. The average Bonchev–Trinajstić information content (AvgIpc) is 2.22. The summed E-state index contributed by atoms with van der Waals surface area (Å²) in [5.74, 6) is -1.32. The van der Waals surface area contributed by atoms with Crippen LogP contribution in [0.2, 0.25) is 0 Å². The van der Waals surface area contributed by atoms with Crippen molar-refractivity contribution in [2.75, 3.05) is 114 Å². The van der Waals surface area contributed by atoms with Crippen LogP contribution in [0.5, 0.6) is 28.7 Å². The van der Waals surface area contributed by atoms with Crippen molar-refractivity contribution in [1.29, 1.82) is 0 Å². The van der Waals surface area contributed by atoms with Gasteiger partial charge >= 0.3 is 35.8 Å². The number of unbranched alkanes of at least 4 members (excludes halogenated alkanes) is 3. The Bertz CT molecular complexity index is 3210. The fourth-order valence-electron chi connectivity index (χ4n) is 11.8. The zero-order valence-corrected chi connectivity index (χ0v) is 48.5. The maximum absolute atomic E-state index is 13.9. The van der Waals surface area contributed by atoms with E-state index in [2.05, 4.69) is 28.5 Å². The van der Waals surface area contributed by atoms with Gasteiger partial charge in [0.25, 0.3) is 0 Å². The Morgan fingerprint density at radius 2 is 1.14 bits per heavy atom. The topological polar surface area (TPSA) is 207 Å². The maximum Gasteiger partial charge on any atom is 0.328 e. The Morgan fingerprint density at radius 1 is 0.554 bits per heavy atom. The highest BCUT2D eigenvalue weighted by molar-refractivity contribution is 5.94. The molecule has 83 heavy (non-hydrogen) atoms. The number of benzene rings is 4. The van der Waals surface area contributed by atoms with Crippen LogP contribution in [0.15, 0.2) is 48.5 Å². The number of nitrogens with zero attached hydrogens (tertiary/aromatic N) is 4. The number of aryl methyl sites for hydroxylation is 2. The van der Waals surface area contributed by atoms with Gasteiger partial charge in [0.05, 0.1) is 36.8 Å². The summed E-state index contributed by atoms with van der Waals surface area (Å²) in [5.41, 5.74) is 9.49. The van der Waals surface area contributed by atoms with Crippen LogP contribution in [0.1, 0.15) is 119 Å². The molecular weight excluding hydrogens is 1070 g/mol. The van der Waals surface area contributed by atoms with E-state index < -0.39 is 69.0 Å². The summed E-state index contributed by atoms with van der Waals surface area (Å²) in [5, 5.41) is 2.22. The smallest absolute Gasteiger partial charge is 0.328 e. The Kier molecular flexibility index (Phi) is 20.3. The van der Waals surface area contributed by atoms with Gasteiger partial charge in [-0.3, -0.25) is 28.8 Å². The van der Waals surface area contributed by atoms with Gasteiger partial charge in [-0.2, -0.15) is 0 Å². The fourth-order valence-corrected chi connectivity index (χ4v) is 11.8. The molecular formula is C63H77N4O16+. The van der Waals surface area contributed by atoms with E-state index in [0.29, 0.717) is 35.0 Å². The van der Waals surface area contributed by atoms with Crippen molar-refractivity contribution in [2.45, 2.75) is 112 Å². The van der Waals surface area contributed by atoms with Crippen molar-refractivity contribution in [3.63, 3.8) is 0 Å². The van der Waals surface area contributed by atoms with E-state index >= 15 is 0 Å². The molecule has 444 valence electrons. The third-order valence-corrected chi connectivity index (χ3v) is 15.3. The number of para-hydroxylation sites is 2. The van der Waals surface area contributed by atoms with Crippen LogP contribution in [-0.4, -0.2) is 135 Å². The van der Waals surface area contributed by atoms with E-state index in [-0.39, 0.29) is 38.7 Å². The summed E-state index contributed by atoms with van der Waals surface area (Å²) in [6.07, 6.45) is 11.4. The van der Waals surface area contributed by atoms with Crippen LogP contribution in [0, 0.1) is 0 Å². The fraction of sp³-hybridized carbons (Fsp3) is 0.508. The third-order valence-electron chi connectivity index (χ3n) is 15.3. The third kappa shape index (κ3) is 14.4. The molecule has 0 aromatic heterocycles. The van der Waals surface area contributed by atoms with Gasteiger partial charge in [-0.05, 0) is 94.7 Å². The second kappa shape index (κ2) is 28.3. The van der Waals surface area contributed by atoms with E-state index in [1.54, 1.807) is 38.1 Å². The standard InChI is InChI=1S/C63H77N4O16/c1-6-9-10-13-28-76-53-34-54(78-30-29-77-52-23-12-11-22-50(52)66(35-55(70)74-7-2)37-57(72)81-39-79-41(4)68)51(67(36-56(71)75-8-3)38-58(73)82-40-80-42(5)69)33-47(53)59-48-31-43-18-14-24-64-26-16-20-45(60(43)64)62(48)83-63-46-21-17-27-65-25-15-19-44(61(46)65)32-49(59)63/h11-12,22-23,31-34H,6-10,13-21,24-30,35-40H2,1-5H3/q+1. The second-order valence-electron chi connectivity index (χ2n) is 21.1. The molecule has 0 saturated carbocycles. The first-order valence-corrected chi connectivity index (χ1v) is 29.3. The summed E-state index contributed by atoms with van der Waals surface area (Å²) < 4.78 is 61.2. The summed E-state index contributed by atoms with van der Waals surface area (Å²) in [6.45, 7) is 9.40. The number of rotatable bonds is 28. The Labute approximate surface area is 484 Å². The molecule has 4 aromatic carbocycles. The van der Waals surface area contributed by atoms with Crippen LogP contribution >= 0.6 is 0 Å². The minimum absolute atomic E-state index is 0.0775. The number of hydrogen-bond acceptors (Lipinski definition) is 19. The summed E-state index contributed by atoms with van der Waals surface area (Å²) in [7, 11) is 0. The summed E-state index contributed by atoms with van der Waals surface area (Å²) in [4.78, 5) is 82.2. The quantitative estimate of drug-likeness (QED) is 0.0174. The molecule has 0 spiro atoms. The normalized spacial score (nSPS) is 14.3. The van der Waals surface area contributed by atoms with Gasteiger partial charge in [-0.15, -0.1) is 0 Å². The molecule has 0 amide bonds. The largest absolute Gasteiger partial charge is 0.493 e. The minimum atomic E-state index is -0.790. The van der Waals surface area contributed by atoms with Crippen LogP contribution in [-0.2, 0) is 82.9 Å². The zero-order valence-electron chi connectivity index (χ0n) is 48.5. The Morgan fingerprint density at radius 3 is 1.81 bits per heavy atom. The highest BCUT2D eigenvalue weighted by atomic mass is 16.7. The van der Waals surface area contributed by atoms with Crippen molar-refractivity contribution >= 4 is 58.5 Å². The molecule has 5 heterocycles. The number of hydrogen-bond donors (Lipinski definition) is 0. The first kappa shape index (κ1) is 59.6. The number of esters is 6. The molecule has 20 heteroatoms. The van der Waals surface area contributed by atoms with Crippen molar-refractivity contribution in [3.8, 4) is 28.7 Å². The van der Waals surface area contributed by atoms with E-state index in [9.17, 15) is 28.8 Å². The van der Waals surface area contributed by atoms with Gasteiger partial charge in [-0.1, -0.05) is 38.3 Å². The molecule has 5 aliphatic rings. The Hall–Kier alpha value is -8.03. The number of anilines is 3. The number of fused-ring (bicyclic) bond motifs is 4. The van der Waals surface area contributed by atoms with Crippen molar-refractivity contribution in [3.05, 3.63) is 92.5 Å². The number of carbonyl (C=O) groups excluding carboxylic acids is 6. The predicted molar refractivity (Wildman–Crippen MR) is 307 cm³/mol. The van der Waals surface area contributed by atoms with Gasteiger partial charge in [0.2, 0.25) is 18.9 Å². The molecule has 0 unspecified atom stereocenters. The lowest BCUT2D eigenvalue weighted by molar-refractivity contribution is -0.166. The van der Waals surface area contributed by atoms with Crippen LogP contribution in [0.4, 0.5) is 17.1 Å². The average molecular weight is 1150 g/mol. The van der Waals surface area contributed by atoms with Crippen molar-refractivity contribution < 1.29 is 76.1 Å². The molecule has 20 nitrogen and oxygen atoms in total. The molecule has 5 aliphatic heterocycles.